The fourth-order valence-electron chi connectivity index (χ4n) is 1.18. The van der Waals surface area contributed by atoms with Crippen LogP contribution >= 0.6 is 0 Å². The molecule has 1 N–H and O–H groups in total. The van der Waals surface area contributed by atoms with Crippen molar-refractivity contribution in [3.63, 3.8) is 0 Å². The predicted octanol–water partition coefficient (Wildman–Crippen LogP) is 1.03. The monoisotopic (exact) mass is 221 g/mol. The molecule has 0 saturated heterocycles. The van der Waals surface area contributed by atoms with Crippen molar-refractivity contribution in [2.24, 2.45) is 0 Å². The van der Waals surface area contributed by atoms with Crippen molar-refractivity contribution in [2.45, 2.75) is 6.10 Å². The van der Waals surface area contributed by atoms with Crippen LogP contribution in [0.3, 0.4) is 0 Å². The van der Waals surface area contributed by atoms with Crippen LogP contribution < -0.4 is 5.32 Å². The molecule has 0 aliphatic carbocycles. The molecule has 1 unspecified atom stereocenters. The number of hydrogen-bond acceptors (Lipinski definition) is 5. The molecule has 0 amide bonds. The van der Waals surface area contributed by atoms with Gasteiger partial charge in [-0.25, -0.2) is 4.98 Å². The number of nitrogens with one attached hydrogen (secondary N) is 1. The summed E-state index contributed by atoms with van der Waals surface area (Å²) in [5.41, 5.74) is 0.547. The summed E-state index contributed by atoms with van der Waals surface area (Å²) in [5, 5.41) is 11.7. The van der Waals surface area contributed by atoms with Crippen molar-refractivity contribution in [3.05, 3.63) is 23.9 Å². The van der Waals surface area contributed by atoms with Gasteiger partial charge >= 0.3 is 0 Å². The molecule has 0 fully saturated rings. The Balaban J connectivity index is 2.44. The molecule has 1 heterocycles. The van der Waals surface area contributed by atoms with Gasteiger partial charge < -0.3 is 14.8 Å². The highest BCUT2D eigenvalue weighted by molar-refractivity contribution is 5.38. The van der Waals surface area contributed by atoms with Crippen LogP contribution in [0.1, 0.15) is 5.56 Å². The summed E-state index contributed by atoms with van der Waals surface area (Å²) in [7, 11) is 3.27. The highest BCUT2D eigenvalue weighted by Crippen LogP contribution is 2.04. The normalized spacial score (nSPS) is 11.8. The molecule has 0 radical (unpaired) electrons. The largest absolute Gasteiger partial charge is 0.382 e. The van der Waals surface area contributed by atoms with Crippen LogP contribution in [-0.2, 0) is 9.47 Å². The smallest absolute Gasteiger partial charge is 0.126 e. The van der Waals surface area contributed by atoms with Crippen molar-refractivity contribution in [1.82, 2.24) is 4.98 Å². The average Bonchev–Trinajstić information content (AvgIpc) is 2.35. The van der Waals surface area contributed by atoms with E-state index in [9.17, 15) is 0 Å². The Labute approximate surface area is 95.0 Å². The average molecular weight is 221 g/mol. The molecule has 1 aromatic rings. The van der Waals surface area contributed by atoms with Gasteiger partial charge in [-0.15, -0.1) is 0 Å². The van der Waals surface area contributed by atoms with Crippen LogP contribution in [0.5, 0.6) is 0 Å². The fourth-order valence-corrected chi connectivity index (χ4v) is 1.18. The lowest BCUT2D eigenvalue weighted by Crippen LogP contribution is -2.26. The first kappa shape index (κ1) is 12.4. The zero-order valence-corrected chi connectivity index (χ0v) is 9.43. The van der Waals surface area contributed by atoms with Gasteiger partial charge in [0, 0.05) is 27.0 Å². The maximum Gasteiger partial charge on any atom is 0.126 e. The summed E-state index contributed by atoms with van der Waals surface area (Å²) >= 11 is 0. The van der Waals surface area contributed by atoms with Gasteiger partial charge in [0.2, 0.25) is 0 Å². The first-order chi connectivity index (χ1) is 7.80. The first-order valence-electron chi connectivity index (χ1n) is 4.92. The number of anilines is 1. The van der Waals surface area contributed by atoms with E-state index in [2.05, 4.69) is 10.3 Å². The molecule has 0 aromatic carbocycles. The zero-order chi connectivity index (χ0) is 11.8. The number of hydrogen-bond donors (Lipinski definition) is 1. The maximum atomic E-state index is 8.61. The Hall–Kier alpha value is -1.64. The summed E-state index contributed by atoms with van der Waals surface area (Å²) in [6.07, 6.45) is 1.52. The number of nitriles is 1. The molecule has 1 atom stereocenters. The Morgan fingerprint density at radius 3 is 2.81 bits per heavy atom. The standard InChI is InChI=1S/C11H15N3O2/c1-15-8-10(16-2)7-14-11-4-3-9(5-12)6-13-11/h3-4,6,10H,7-8H2,1-2H3,(H,13,14). The third-order valence-corrected chi connectivity index (χ3v) is 2.09. The van der Waals surface area contributed by atoms with E-state index in [1.54, 1.807) is 26.4 Å². The van der Waals surface area contributed by atoms with Gasteiger partial charge in [-0.3, -0.25) is 0 Å². The van der Waals surface area contributed by atoms with Crippen molar-refractivity contribution in [1.29, 1.82) is 5.26 Å². The summed E-state index contributed by atoms with van der Waals surface area (Å²) in [6.45, 7) is 1.14. The minimum absolute atomic E-state index is 0.0116. The van der Waals surface area contributed by atoms with Crippen LogP contribution in [0.4, 0.5) is 5.82 Å². The lowest BCUT2D eigenvalue weighted by atomic mass is 10.3. The minimum Gasteiger partial charge on any atom is -0.382 e. The molecule has 1 rings (SSSR count). The number of nitrogens with zero attached hydrogens (tertiary/aromatic N) is 2. The highest BCUT2D eigenvalue weighted by atomic mass is 16.5. The van der Waals surface area contributed by atoms with E-state index in [1.165, 1.54) is 6.20 Å². The third kappa shape index (κ3) is 3.85. The molecule has 1 aromatic heterocycles. The van der Waals surface area contributed by atoms with Crippen LogP contribution in [0, 0.1) is 11.3 Å². The van der Waals surface area contributed by atoms with E-state index >= 15 is 0 Å². The lowest BCUT2D eigenvalue weighted by Gasteiger charge is -2.15. The van der Waals surface area contributed by atoms with Gasteiger partial charge in [-0.2, -0.15) is 5.26 Å². The number of ether oxygens (including phenoxy) is 2. The van der Waals surface area contributed by atoms with Gasteiger partial charge in [0.05, 0.1) is 18.3 Å². The van der Waals surface area contributed by atoms with Gasteiger partial charge in [-0.1, -0.05) is 0 Å². The molecule has 0 aliphatic rings. The van der Waals surface area contributed by atoms with Crippen LogP contribution in [-0.4, -0.2) is 38.5 Å². The number of rotatable bonds is 6. The number of pyridine rings is 1. The highest BCUT2D eigenvalue weighted by Gasteiger charge is 2.06. The van der Waals surface area contributed by atoms with Gasteiger partial charge in [-0.05, 0) is 12.1 Å². The molecule has 5 nitrogen and oxygen atoms in total. The molecular formula is C11H15N3O2. The molecule has 16 heavy (non-hydrogen) atoms. The molecule has 86 valence electrons. The van der Waals surface area contributed by atoms with E-state index < -0.39 is 0 Å². The predicted molar refractivity (Wildman–Crippen MR) is 60.1 cm³/mol. The van der Waals surface area contributed by atoms with E-state index in [4.69, 9.17) is 14.7 Å². The van der Waals surface area contributed by atoms with E-state index in [-0.39, 0.29) is 6.10 Å². The van der Waals surface area contributed by atoms with E-state index in [1.807, 2.05) is 6.07 Å². The topological polar surface area (TPSA) is 67.2 Å². The summed E-state index contributed by atoms with van der Waals surface area (Å²) in [6, 6.07) is 5.49. The van der Waals surface area contributed by atoms with E-state index in [0.717, 1.165) is 5.82 Å². The first-order valence-corrected chi connectivity index (χ1v) is 4.92. The third-order valence-electron chi connectivity index (χ3n) is 2.09. The van der Waals surface area contributed by atoms with Crippen molar-refractivity contribution >= 4 is 5.82 Å². The molecule has 0 saturated carbocycles. The van der Waals surface area contributed by atoms with Gasteiger partial charge in [0.15, 0.2) is 0 Å². The Morgan fingerprint density at radius 1 is 1.50 bits per heavy atom. The fraction of sp³-hybridized carbons (Fsp3) is 0.455. The van der Waals surface area contributed by atoms with Crippen LogP contribution in [0.25, 0.3) is 0 Å². The molecule has 0 aliphatic heterocycles. The SMILES string of the molecule is COCC(CNc1ccc(C#N)cn1)OC. The van der Waals surface area contributed by atoms with Gasteiger partial charge in [0.25, 0.3) is 0 Å². The second-order valence-corrected chi connectivity index (χ2v) is 3.24. The molecular weight excluding hydrogens is 206 g/mol. The number of methoxy groups -OCH3 is 2. The quantitative estimate of drug-likeness (QED) is 0.777. The zero-order valence-electron chi connectivity index (χ0n) is 9.43. The Kier molecular flexibility index (Phi) is 5.26. The lowest BCUT2D eigenvalue weighted by molar-refractivity contribution is 0.0365. The number of aromatic nitrogens is 1. The molecule has 0 bridgehead atoms. The second-order valence-electron chi connectivity index (χ2n) is 3.24. The Morgan fingerprint density at radius 2 is 2.31 bits per heavy atom. The van der Waals surface area contributed by atoms with Crippen molar-refractivity contribution in [2.75, 3.05) is 32.7 Å². The van der Waals surface area contributed by atoms with Crippen LogP contribution in [0.15, 0.2) is 18.3 Å². The Bertz CT molecular complexity index is 345. The van der Waals surface area contributed by atoms with Crippen LogP contribution in [0.2, 0.25) is 0 Å². The second kappa shape index (κ2) is 6.77. The summed E-state index contributed by atoms with van der Waals surface area (Å²) in [5.74, 6) is 0.720. The maximum absolute atomic E-state index is 8.61. The molecule has 0 spiro atoms. The van der Waals surface area contributed by atoms with Crippen molar-refractivity contribution in [3.8, 4) is 6.07 Å². The summed E-state index contributed by atoms with van der Waals surface area (Å²) in [4.78, 5) is 4.09. The van der Waals surface area contributed by atoms with Gasteiger partial charge in [0.1, 0.15) is 11.9 Å². The molecule has 5 heteroatoms. The van der Waals surface area contributed by atoms with E-state index in [0.29, 0.717) is 18.7 Å². The minimum atomic E-state index is -0.0116. The summed E-state index contributed by atoms with van der Waals surface area (Å²) < 4.78 is 10.2. The van der Waals surface area contributed by atoms with Crippen molar-refractivity contribution < 1.29 is 9.47 Å².